The summed E-state index contributed by atoms with van der Waals surface area (Å²) in [5, 5.41) is 8.19. The van der Waals surface area contributed by atoms with E-state index in [2.05, 4.69) is 0 Å². The fourth-order valence-electron chi connectivity index (χ4n) is 0.902. The predicted molar refractivity (Wildman–Crippen MR) is 45.5 cm³/mol. The summed E-state index contributed by atoms with van der Waals surface area (Å²) < 4.78 is 15.1. The van der Waals surface area contributed by atoms with Crippen molar-refractivity contribution >= 4 is 5.97 Å². The quantitative estimate of drug-likeness (QED) is 0.633. The first-order valence-electron chi connectivity index (χ1n) is 4.12. The van der Waals surface area contributed by atoms with Crippen LogP contribution in [0.4, 0.5) is 0 Å². The molecule has 1 aliphatic rings. The maximum atomic E-state index is 10.8. The maximum Gasteiger partial charge on any atom is 0.320 e. The molecule has 0 saturated carbocycles. The lowest BCUT2D eigenvalue weighted by Gasteiger charge is -2.17. The van der Waals surface area contributed by atoms with Gasteiger partial charge in [0.25, 0.3) is 0 Å². The standard InChI is InChI=1S/C9H11NO4/c1-9(2)13-6-7(14-9)5-12-8(11)3-4-10/h6H,3,5H2,1-2H3. The van der Waals surface area contributed by atoms with Gasteiger partial charge in [-0.15, -0.1) is 0 Å². The molecular formula is C9H11NO4. The first-order chi connectivity index (χ1) is 6.53. The molecule has 0 bridgehead atoms. The van der Waals surface area contributed by atoms with Crippen LogP contribution in [0.25, 0.3) is 0 Å². The third kappa shape index (κ3) is 2.98. The van der Waals surface area contributed by atoms with Gasteiger partial charge in [-0.3, -0.25) is 4.79 Å². The molecular weight excluding hydrogens is 186 g/mol. The Balaban J connectivity index is 2.28. The molecule has 0 aliphatic carbocycles. The lowest BCUT2D eigenvalue weighted by atomic mass is 10.4. The SMILES string of the molecule is CC1(C)OC=C(COC(=O)CC#N)O1. The van der Waals surface area contributed by atoms with E-state index >= 15 is 0 Å². The van der Waals surface area contributed by atoms with Crippen LogP contribution in [0.2, 0.25) is 0 Å². The van der Waals surface area contributed by atoms with Crippen molar-refractivity contribution < 1.29 is 19.0 Å². The van der Waals surface area contributed by atoms with Gasteiger partial charge < -0.3 is 14.2 Å². The van der Waals surface area contributed by atoms with Gasteiger partial charge in [0.2, 0.25) is 5.79 Å². The van der Waals surface area contributed by atoms with Crippen LogP contribution in [0.5, 0.6) is 0 Å². The number of hydrogen-bond acceptors (Lipinski definition) is 5. The molecule has 0 unspecified atom stereocenters. The molecule has 1 rings (SSSR count). The summed E-state index contributed by atoms with van der Waals surface area (Å²) in [5.41, 5.74) is 0. The summed E-state index contributed by atoms with van der Waals surface area (Å²) in [4.78, 5) is 10.8. The molecule has 0 saturated heterocycles. The number of ether oxygens (including phenoxy) is 3. The number of rotatable bonds is 3. The van der Waals surface area contributed by atoms with Gasteiger partial charge in [0.15, 0.2) is 12.4 Å². The summed E-state index contributed by atoms with van der Waals surface area (Å²) in [7, 11) is 0. The molecule has 0 spiro atoms. The van der Waals surface area contributed by atoms with E-state index in [9.17, 15) is 4.79 Å². The fraction of sp³-hybridized carbons (Fsp3) is 0.556. The molecule has 1 aliphatic heterocycles. The van der Waals surface area contributed by atoms with Gasteiger partial charge in [-0.05, 0) is 0 Å². The molecule has 0 radical (unpaired) electrons. The van der Waals surface area contributed by atoms with Crippen LogP contribution in [0.3, 0.4) is 0 Å². The summed E-state index contributed by atoms with van der Waals surface area (Å²) in [6.07, 6.45) is 1.15. The number of nitriles is 1. The third-order valence-electron chi connectivity index (χ3n) is 1.45. The van der Waals surface area contributed by atoms with Gasteiger partial charge in [-0.2, -0.15) is 5.26 Å². The summed E-state index contributed by atoms with van der Waals surface area (Å²) in [6, 6.07) is 1.69. The minimum atomic E-state index is -0.697. The Bertz CT molecular complexity index is 300. The number of nitrogens with zero attached hydrogens (tertiary/aromatic N) is 1. The third-order valence-corrected chi connectivity index (χ3v) is 1.45. The largest absolute Gasteiger partial charge is 0.457 e. The molecule has 5 heteroatoms. The zero-order valence-corrected chi connectivity index (χ0v) is 8.07. The monoisotopic (exact) mass is 197 g/mol. The Morgan fingerprint density at radius 1 is 1.71 bits per heavy atom. The van der Waals surface area contributed by atoms with E-state index in [0.717, 1.165) is 0 Å². The van der Waals surface area contributed by atoms with Crippen LogP contribution in [0, 0.1) is 11.3 Å². The Morgan fingerprint density at radius 2 is 2.43 bits per heavy atom. The number of esters is 1. The van der Waals surface area contributed by atoms with Crippen molar-refractivity contribution in [3.8, 4) is 6.07 Å². The Morgan fingerprint density at radius 3 is 2.93 bits per heavy atom. The first kappa shape index (κ1) is 10.4. The molecule has 0 aromatic heterocycles. The highest BCUT2D eigenvalue weighted by Crippen LogP contribution is 2.24. The van der Waals surface area contributed by atoms with E-state index in [1.54, 1.807) is 19.9 Å². The van der Waals surface area contributed by atoms with Crippen molar-refractivity contribution in [3.05, 3.63) is 12.0 Å². The molecule has 0 aromatic rings. The van der Waals surface area contributed by atoms with E-state index in [-0.39, 0.29) is 13.0 Å². The first-order valence-corrected chi connectivity index (χ1v) is 4.12. The van der Waals surface area contributed by atoms with Crippen molar-refractivity contribution in [3.63, 3.8) is 0 Å². The Labute approximate surface area is 81.9 Å². The number of carbonyl (C=O) groups excluding carboxylic acids is 1. The maximum absolute atomic E-state index is 10.8. The zero-order chi connectivity index (χ0) is 10.6. The second kappa shape index (κ2) is 4.01. The van der Waals surface area contributed by atoms with E-state index in [4.69, 9.17) is 19.5 Å². The van der Waals surface area contributed by atoms with Gasteiger partial charge in [-0.25, -0.2) is 0 Å². The van der Waals surface area contributed by atoms with Crippen LogP contribution in [0.1, 0.15) is 20.3 Å². The molecule has 5 nitrogen and oxygen atoms in total. The highest BCUT2D eigenvalue weighted by Gasteiger charge is 2.27. The van der Waals surface area contributed by atoms with Crippen molar-refractivity contribution in [2.24, 2.45) is 0 Å². The molecule has 76 valence electrons. The molecule has 0 atom stereocenters. The number of hydrogen-bond donors (Lipinski definition) is 0. The molecule has 0 aromatic carbocycles. The average Bonchev–Trinajstić information content (AvgIpc) is 2.43. The van der Waals surface area contributed by atoms with E-state index < -0.39 is 11.8 Å². The number of carbonyl (C=O) groups is 1. The normalized spacial score (nSPS) is 17.4. The van der Waals surface area contributed by atoms with Gasteiger partial charge in [0, 0.05) is 13.8 Å². The van der Waals surface area contributed by atoms with Crippen molar-refractivity contribution in [2.45, 2.75) is 26.1 Å². The van der Waals surface area contributed by atoms with Crippen molar-refractivity contribution in [2.75, 3.05) is 6.61 Å². The second-order valence-electron chi connectivity index (χ2n) is 3.20. The van der Waals surface area contributed by atoms with Gasteiger partial charge in [0.05, 0.1) is 6.07 Å². The van der Waals surface area contributed by atoms with Gasteiger partial charge >= 0.3 is 5.97 Å². The summed E-state index contributed by atoms with van der Waals surface area (Å²) in [6.45, 7) is 3.49. The van der Waals surface area contributed by atoms with E-state index in [1.807, 2.05) is 0 Å². The molecule has 14 heavy (non-hydrogen) atoms. The van der Waals surface area contributed by atoms with Crippen molar-refractivity contribution in [1.82, 2.24) is 0 Å². The lowest BCUT2D eigenvalue weighted by molar-refractivity contribution is -0.146. The lowest BCUT2D eigenvalue weighted by Crippen LogP contribution is -2.21. The van der Waals surface area contributed by atoms with E-state index in [0.29, 0.717) is 5.76 Å². The summed E-state index contributed by atoms with van der Waals surface area (Å²) >= 11 is 0. The van der Waals surface area contributed by atoms with Crippen LogP contribution >= 0.6 is 0 Å². The highest BCUT2D eigenvalue weighted by atomic mass is 16.7. The smallest absolute Gasteiger partial charge is 0.320 e. The minimum absolute atomic E-state index is 0.00391. The van der Waals surface area contributed by atoms with Crippen molar-refractivity contribution in [1.29, 1.82) is 5.26 Å². The highest BCUT2D eigenvalue weighted by molar-refractivity contribution is 5.71. The Kier molecular flexibility index (Phi) is 2.97. The molecule has 1 heterocycles. The van der Waals surface area contributed by atoms with E-state index in [1.165, 1.54) is 6.26 Å². The van der Waals surface area contributed by atoms with Crippen LogP contribution in [-0.2, 0) is 19.0 Å². The molecule has 0 amide bonds. The minimum Gasteiger partial charge on any atom is -0.457 e. The second-order valence-corrected chi connectivity index (χ2v) is 3.20. The topological polar surface area (TPSA) is 68.5 Å². The molecule has 0 fully saturated rings. The van der Waals surface area contributed by atoms with Crippen LogP contribution in [-0.4, -0.2) is 18.4 Å². The average molecular weight is 197 g/mol. The zero-order valence-electron chi connectivity index (χ0n) is 8.07. The van der Waals surface area contributed by atoms with Crippen LogP contribution < -0.4 is 0 Å². The predicted octanol–water partition coefficient (Wildman–Crippen LogP) is 1.07. The summed E-state index contributed by atoms with van der Waals surface area (Å²) in [5.74, 6) is -0.820. The van der Waals surface area contributed by atoms with Gasteiger partial charge in [-0.1, -0.05) is 0 Å². The van der Waals surface area contributed by atoms with Gasteiger partial charge in [0.1, 0.15) is 12.7 Å². The Hall–Kier alpha value is -1.70. The molecule has 0 N–H and O–H groups in total. The van der Waals surface area contributed by atoms with Crippen LogP contribution in [0.15, 0.2) is 12.0 Å². The fourth-order valence-corrected chi connectivity index (χ4v) is 0.902.